The monoisotopic (exact) mass is 327 g/mol. The highest BCUT2D eigenvalue weighted by Gasteiger charge is 2.16. The number of methoxy groups -OCH3 is 2. The van der Waals surface area contributed by atoms with E-state index in [-0.39, 0.29) is 12.1 Å². The Morgan fingerprint density at radius 2 is 2.00 bits per heavy atom. The first-order valence-corrected chi connectivity index (χ1v) is 7.38. The van der Waals surface area contributed by atoms with Crippen molar-refractivity contribution in [1.29, 1.82) is 0 Å². The molecule has 0 saturated carbocycles. The molecule has 0 amide bonds. The maximum Gasteiger partial charge on any atom is 0.341 e. The number of rotatable bonds is 4. The minimum absolute atomic E-state index is 0.153. The number of carbonyl (C=O) groups is 1. The van der Waals surface area contributed by atoms with Crippen molar-refractivity contribution in [2.75, 3.05) is 14.2 Å². The Hall–Kier alpha value is -3.02. The summed E-state index contributed by atoms with van der Waals surface area (Å²) in [4.78, 5) is 24.3. The molecule has 124 valence electrons. The van der Waals surface area contributed by atoms with Gasteiger partial charge in [-0.15, -0.1) is 0 Å². The van der Waals surface area contributed by atoms with E-state index in [0.717, 1.165) is 5.39 Å². The second-order valence-electron chi connectivity index (χ2n) is 5.38. The number of pyridine rings is 1. The van der Waals surface area contributed by atoms with Crippen LogP contribution in [0.1, 0.15) is 21.9 Å². The maximum absolute atomic E-state index is 12.7. The summed E-state index contributed by atoms with van der Waals surface area (Å²) in [6, 6.07) is 8.81. The van der Waals surface area contributed by atoms with Gasteiger partial charge in [-0.1, -0.05) is 6.07 Å². The standard InChI is InChI=1S/C18H17NO5/c1-11-15(18(21)23-3)9-14(24-11)10-19-7-6-12-4-5-13(22-2)8-16(12)17(19)20/h4-9H,10H2,1-3H3. The summed E-state index contributed by atoms with van der Waals surface area (Å²) in [5.74, 6) is 1.14. The third-order valence-electron chi connectivity index (χ3n) is 3.89. The number of fused-ring (bicyclic) bond motifs is 1. The molecule has 6 heteroatoms. The van der Waals surface area contributed by atoms with Crippen LogP contribution in [-0.2, 0) is 11.3 Å². The van der Waals surface area contributed by atoms with Crippen molar-refractivity contribution < 1.29 is 18.7 Å². The first-order chi connectivity index (χ1) is 11.5. The van der Waals surface area contributed by atoms with E-state index in [1.807, 2.05) is 18.2 Å². The number of aryl methyl sites for hydroxylation is 1. The van der Waals surface area contributed by atoms with Gasteiger partial charge in [0.15, 0.2) is 0 Å². The lowest BCUT2D eigenvalue weighted by atomic mass is 10.1. The highest BCUT2D eigenvalue weighted by atomic mass is 16.5. The van der Waals surface area contributed by atoms with Crippen LogP contribution in [0, 0.1) is 6.92 Å². The summed E-state index contributed by atoms with van der Waals surface area (Å²) in [5, 5.41) is 1.40. The second-order valence-corrected chi connectivity index (χ2v) is 5.38. The van der Waals surface area contributed by atoms with E-state index in [1.54, 1.807) is 32.4 Å². The van der Waals surface area contributed by atoms with Crippen LogP contribution in [-0.4, -0.2) is 24.8 Å². The van der Waals surface area contributed by atoms with Gasteiger partial charge in [0.2, 0.25) is 0 Å². The van der Waals surface area contributed by atoms with Gasteiger partial charge in [0, 0.05) is 6.20 Å². The van der Waals surface area contributed by atoms with Crippen LogP contribution in [0.25, 0.3) is 10.8 Å². The van der Waals surface area contributed by atoms with Crippen molar-refractivity contribution in [2.24, 2.45) is 0 Å². The van der Waals surface area contributed by atoms with E-state index >= 15 is 0 Å². The van der Waals surface area contributed by atoms with Gasteiger partial charge in [0.1, 0.15) is 22.8 Å². The predicted octanol–water partition coefficient (Wildman–Crippen LogP) is 2.75. The average molecular weight is 327 g/mol. The van der Waals surface area contributed by atoms with E-state index in [0.29, 0.717) is 28.2 Å². The van der Waals surface area contributed by atoms with Crippen LogP contribution in [0.5, 0.6) is 5.75 Å². The molecular formula is C18H17NO5. The summed E-state index contributed by atoms with van der Waals surface area (Å²) in [7, 11) is 2.87. The molecule has 2 heterocycles. The largest absolute Gasteiger partial charge is 0.497 e. The molecule has 3 rings (SSSR count). The molecule has 0 bridgehead atoms. The fraction of sp³-hybridized carbons (Fsp3) is 0.222. The molecule has 0 N–H and O–H groups in total. The summed E-state index contributed by atoms with van der Waals surface area (Å²) >= 11 is 0. The SMILES string of the molecule is COC(=O)c1cc(Cn2ccc3ccc(OC)cc3c2=O)oc1C. The fourth-order valence-corrected chi connectivity index (χ4v) is 2.61. The third-order valence-corrected chi connectivity index (χ3v) is 3.89. The number of furan rings is 1. The minimum Gasteiger partial charge on any atom is -0.497 e. The number of aromatic nitrogens is 1. The number of ether oxygens (including phenoxy) is 2. The number of esters is 1. The summed E-state index contributed by atoms with van der Waals surface area (Å²) < 4.78 is 17.0. The first kappa shape index (κ1) is 15.9. The number of hydrogen-bond acceptors (Lipinski definition) is 5. The van der Waals surface area contributed by atoms with Crippen molar-refractivity contribution in [3.8, 4) is 5.75 Å². The Morgan fingerprint density at radius 3 is 2.71 bits per heavy atom. The topological polar surface area (TPSA) is 70.7 Å². The first-order valence-electron chi connectivity index (χ1n) is 7.38. The number of carbonyl (C=O) groups excluding carboxylic acids is 1. The van der Waals surface area contributed by atoms with Crippen LogP contribution in [0.2, 0.25) is 0 Å². The van der Waals surface area contributed by atoms with Crippen molar-refractivity contribution >= 4 is 16.7 Å². The van der Waals surface area contributed by atoms with Crippen molar-refractivity contribution in [3.63, 3.8) is 0 Å². The molecule has 0 spiro atoms. The molecule has 0 aliphatic carbocycles. The lowest BCUT2D eigenvalue weighted by Crippen LogP contribution is -2.19. The lowest BCUT2D eigenvalue weighted by molar-refractivity contribution is 0.0599. The van der Waals surface area contributed by atoms with E-state index < -0.39 is 5.97 Å². The zero-order valence-electron chi connectivity index (χ0n) is 13.7. The predicted molar refractivity (Wildman–Crippen MR) is 88.6 cm³/mol. The molecule has 6 nitrogen and oxygen atoms in total. The fourth-order valence-electron chi connectivity index (χ4n) is 2.61. The second kappa shape index (κ2) is 6.23. The molecule has 2 aromatic heterocycles. The quantitative estimate of drug-likeness (QED) is 0.689. The Labute approximate surface area is 138 Å². The molecule has 0 atom stereocenters. The van der Waals surface area contributed by atoms with Gasteiger partial charge in [-0.05, 0) is 36.6 Å². The average Bonchev–Trinajstić information content (AvgIpc) is 2.97. The number of hydrogen-bond donors (Lipinski definition) is 0. The molecule has 0 unspecified atom stereocenters. The molecule has 0 radical (unpaired) electrons. The van der Waals surface area contributed by atoms with Gasteiger partial charge in [0.05, 0.1) is 26.2 Å². The summed E-state index contributed by atoms with van der Waals surface area (Å²) in [6.45, 7) is 1.91. The van der Waals surface area contributed by atoms with E-state index in [4.69, 9.17) is 13.9 Å². The smallest absolute Gasteiger partial charge is 0.341 e. The molecule has 0 fully saturated rings. The third kappa shape index (κ3) is 2.78. The molecule has 0 saturated heterocycles. The normalized spacial score (nSPS) is 10.8. The van der Waals surface area contributed by atoms with Gasteiger partial charge < -0.3 is 18.5 Å². The Kier molecular flexibility index (Phi) is 4.12. The summed E-state index contributed by atoms with van der Waals surface area (Å²) in [5.41, 5.74) is 0.211. The van der Waals surface area contributed by atoms with Crippen LogP contribution >= 0.6 is 0 Å². The van der Waals surface area contributed by atoms with Gasteiger partial charge in [-0.25, -0.2) is 4.79 Å². The Morgan fingerprint density at radius 1 is 1.21 bits per heavy atom. The Bertz CT molecular complexity index is 967. The zero-order chi connectivity index (χ0) is 17.3. The van der Waals surface area contributed by atoms with E-state index in [9.17, 15) is 9.59 Å². The zero-order valence-corrected chi connectivity index (χ0v) is 13.7. The molecule has 0 aliphatic rings. The van der Waals surface area contributed by atoms with E-state index in [1.165, 1.54) is 11.7 Å². The molecule has 3 aromatic rings. The molecule has 24 heavy (non-hydrogen) atoms. The molecule has 1 aromatic carbocycles. The maximum atomic E-state index is 12.7. The van der Waals surface area contributed by atoms with Crippen LogP contribution in [0.3, 0.4) is 0 Å². The van der Waals surface area contributed by atoms with Gasteiger partial charge >= 0.3 is 5.97 Å². The number of benzene rings is 1. The molecule has 0 aliphatic heterocycles. The van der Waals surface area contributed by atoms with Crippen molar-refractivity contribution in [1.82, 2.24) is 4.57 Å². The van der Waals surface area contributed by atoms with Crippen molar-refractivity contribution in [3.05, 3.63) is 64.0 Å². The van der Waals surface area contributed by atoms with Crippen molar-refractivity contribution in [2.45, 2.75) is 13.5 Å². The minimum atomic E-state index is -0.460. The van der Waals surface area contributed by atoms with Gasteiger partial charge in [-0.3, -0.25) is 4.79 Å². The highest BCUT2D eigenvalue weighted by Crippen LogP contribution is 2.19. The molecular weight excluding hydrogens is 310 g/mol. The van der Waals surface area contributed by atoms with E-state index in [2.05, 4.69) is 0 Å². The highest BCUT2D eigenvalue weighted by molar-refractivity contribution is 5.90. The summed E-state index contributed by atoms with van der Waals surface area (Å²) in [6.07, 6.45) is 1.70. The lowest BCUT2D eigenvalue weighted by Gasteiger charge is -2.07. The number of nitrogens with zero attached hydrogens (tertiary/aromatic N) is 1. The van der Waals surface area contributed by atoms with Crippen LogP contribution in [0.15, 0.2) is 45.7 Å². The van der Waals surface area contributed by atoms with Gasteiger partial charge in [-0.2, -0.15) is 0 Å². The van der Waals surface area contributed by atoms with Crippen LogP contribution in [0.4, 0.5) is 0 Å². The van der Waals surface area contributed by atoms with Gasteiger partial charge in [0.25, 0.3) is 5.56 Å². The van der Waals surface area contributed by atoms with Crippen LogP contribution < -0.4 is 10.3 Å². The Balaban J connectivity index is 2.00.